The topological polar surface area (TPSA) is 62.6 Å². The van der Waals surface area contributed by atoms with Crippen LogP contribution in [0.15, 0.2) is 48.5 Å². The normalized spacial score (nSPS) is 10.5. The van der Waals surface area contributed by atoms with Crippen molar-refractivity contribution in [1.29, 1.82) is 0 Å². The first-order valence-corrected chi connectivity index (χ1v) is 8.34. The average Bonchev–Trinajstić information content (AvgIpc) is 3.10. The largest absolute Gasteiger partial charge is 0.497 e. The number of aryl methyl sites for hydroxylation is 1. The van der Waals surface area contributed by atoms with Crippen LogP contribution in [0, 0.1) is 5.82 Å². The summed E-state index contributed by atoms with van der Waals surface area (Å²) in [7, 11) is 2.98. The van der Waals surface area contributed by atoms with Crippen LogP contribution < -0.4 is 14.2 Å². The minimum Gasteiger partial charge on any atom is -0.497 e. The van der Waals surface area contributed by atoms with Crippen molar-refractivity contribution in [3.63, 3.8) is 0 Å². The minimum absolute atomic E-state index is 0.195. The van der Waals surface area contributed by atoms with Crippen molar-refractivity contribution in [2.45, 2.75) is 13.3 Å². The molecule has 3 aromatic rings. The number of esters is 1. The first kappa shape index (κ1) is 18.4. The smallest absolute Gasteiger partial charge is 0.348 e. The quantitative estimate of drug-likeness (QED) is 0.618. The highest BCUT2D eigenvalue weighted by molar-refractivity contribution is 5.94. The van der Waals surface area contributed by atoms with Gasteiger partial charge in [-0.25, -0.2) is 13.9 Å². The zero-order chi connectivity index (χ0) is 19.4. The zero-order valence-electron chi connectivity index (χ0n) is 15.2. The molecule has 27 heavy (non-hydrogen) atoms. The third kappa shape index (κ3) is 3.92. The van der Waals surface area contributed by atoms with Gasteiger partial charge in [0.15, 0.2) is 0 Å². The molecule has 0 saturated heterocycles. The predicted molar refractivity (Wildman–Crippen MR) is 97.4 cm³/mol. The number of halogens is 1. The standard InChI is InChI=1S/C20H19FN2O4/c1-4-14-11-19(23(22-14)15-7-5-6-13(21)10-15)27-20(24)17-9-8-16(25-2)12-18(17)26-3/h5-12H,4H2,1-3H3. The Morgan fingerprint density at radius 1 is 1.11 bits per heavy atom. The van der Waals surface area contributed by atoms with Crippen LogP contribution in [0.2, 0.25) is 0 Å². The van der Waals surface area contributed by atoms with E-state index in [1.807, 2.05) is 6.92 Å². The van der Waals surface area contributed by atoms with Gasteiger partial charge in [-0.15, -0.1) is 0 Å². The fraction of sp³-hybridized carbons (Fsp3) is 0.200. The SMILES string of the molecule is CCc1cc(OC(=O)c2ccc(OC)cc2OC)n(-c2cccc(F)c2)n1. The summed E-state index contributed by atoms with van der Waals surface area (Å²) in [4.78, 5) is 12.7. The number of aromatic nitrogens is 2. The van der Waals surface area contributed by atoms with Gasteiger partial charge in [0, 0.05) is 12.1 Å². The molecule has 0 saturated carbocycles. The number of rotatable bonds is 6. The Kier molecular flexibility index (Phi) is 5.40. The molecule has 0 atom stereocenters. The summed E-state index contributed by atoms with van der Waals surface area (Å²) in [5.41, 5.74) is 1.41. The molecule has 0 bridgehead atoms. The van der Waals surface area contributed by atoms with Crippen molar-refractivity contribution in [2.75, 3.05) is 14.2 Å². The second-order valence-corrected chi connectivity index (χ2v) is 5.67. The van der Waals surface area contributed by atoms with E-state index in [-0.39, 0.29) is 11.4 Å². The Hall–Kier alpha value is -3.35. The van der Waals surface area contributed by atoms with Gasteiger partial charge in [-0.3, -0.25) is 0 Å². The molecule has 3 rings (SSSR count). The Balaban J connectivity index is 1.96. The number of ether oxygens (including phenoxy) is 3. The van der Waals surface area contributed by atoms with Crippen molar-refractivity contribution in [3.05, 3.63) is 65.6 Å². The van der Waals surface area contributed by atoms with Crippen molar-refractivity contribution < 1.29 is 23.4 Å². The Bertz CT molecular complexity index is 968. The van der Waals surface area contributed by atoms with Crippen LogP contribution >= 0.6 is 0 Å². The molecule has 7 heteroatoms. The van der Waals surface area contributed by atoms with E-state index in [9.17, 15) is 9.18 Å². The Morgan fingerprint density at radius 2 is 1.93 bits per heavy atom. The summed E-state index contributed by atoms with van der Waals surface area (Å²) in [5, 5.41) is 4.38. The molecular formula is C20H19FN2O4. The van der Waals surface area contributed by atoms with Crippen LogP contribution in [0.25, 0.3) is 5.69 Å². The zero-order valence-corrected chi connectivity index (χ0v) is 15.2. The van der Waals surface area contributed by atoms with Crippen molar-refractivity contribution in [3.8, 4) is 23.1 Å². The van der Waals surface area contributed by atoms with Gasteiger partial charge in [0.1, 0.15) is 22.9 Å². The van der Waals surface area contributed by atoms with E-state index < -0.39 is 11.8 Å². The maximum atomic E-state index is 13.6. The Labute approximate surface area is 156 Å². The first-order valence-electron chi connectivity index (χ1n) is 8.34. The molecule has 0 aliphatic heterocycles. The average molecular weight is 370 g/mol. The van der Waals surface area contributed by atoms with Crippen molar-refractivity contribution in [1.82, 2.24) is 9.78 Å². The fourth-order valence-corrected chi connectivity index (χ4v) is 2.57. The molecule has 0 amide bonds. The number of hydrogen-bond acceptors (Lipinski definition) is 5. The molecule has 6 nitrogen and oxygen atoms in total. The Morgan fingerprint density at radius 3 is 2.59 bits per heavy atom. The van der Waals surface area contributed by atoms with Crippen molar-refractivity contribution in [2.24, 2.45) is 0 Å². The third-order valence-electron chi connectivity index (χ3n) is 3.97. The number of methoxy groups -OCH3 is 2. The van der Waals surface area contributed by atoms with Crippen LogP contribution in [0.4, 0.5) is 4.39 Å². The van der Waals surface area contributed by atoms with E-state index in [2.05, 4.69) is 5.10 Å². The molecule has 0 aliphatic carbocycles. The third-order valence-corrected chi connectivity index (χ3v) is 3.97. The maximum Gasteiger partial charge on any atom is 0.348 e. The molecule has 0 spiro atoms. The summed E-state index contributed by atoms with van der Waals surface area (Å²) in [6, 6.07) is 12.3. The summed E-state index contributed by atoms with van der Waals surface area (Å²) in [6.45, 7) is 1.93. The van der Waals surface area contributed by atoms with Gasteiger partial charge in [-0.2, -0.15) is 5.10 Å². The summed E-state index contributed by atoms with van der Waals surface area (Å²) in [6.07, 6.45) is 0.638. The highest BCUT2D eigenvalue weighted by Gasteiger charge is 2.19. The number of nitrogens with zero attached hydrogens (tertiary/aromatic N) is 2. The number of hydrogen-bond donors (Lipinski definition) is 0. The van der Waals surface area contributed by atoms with Gasteiger partial charge in [-0.1, -0.05) is 13.0 Å². The monoisotopic (exact) mass is 370 g/mol. The van der Waals surface area contributed by atoms with E-state index >= 15 is 0 Å². The predicted octanol–water partition coefficient (Wildman–Crippen LogP) is 3.81. The van der Waals surface area contributed by atoms with Crippen LogP contribution in [0.5, 0.6) is 17.4 Å². The summed E-state index contributed by atoms with van der Waals surface area (Å²) >= 11 is 0. The van der Waals surface area contributed by atoms with E-state index in [0.717, 1.165) is 0 Å². The molecule has 0 aliphatic rings. The molecule has 1 aromatic heterocycles. The van der Waals surface area contributed by atoms with Crippen LogP contribution in [-0.2, 0) is 6.42 Å². The molecule has 0 radical (unpaired) electrons. The number of carbonyl (C=O) groups excluding carboxylic acids is 1. The molecule has 2 aromatic carbocycles. The molecule has 1 heterocycles. The molecule has 0 unspecified atom stereocenters. The first-order chi connectivity index (χ1) is 13.0. The molecule has 0 fully saturated rings. The molecular weight excluding hydrogens is 351 g/mol. The second-order valence-electron chi connectivity index (χ2n) is 5.67. The minimum atomic E-state index is -0.616. The van der Waals surface area contributed by atoms with Crippen LogP contribution in [0.1, 0.15) is 23.0 Å². The molecule has 0 N–H and O–H groups in total. The van der Waals surface area contributed by atoms with Gasteiger partial charge in [0.2, 0.25) is 5.88 Å². The highest BCUT2D eigenvalue weighted by atomic mass is 19.1. The van der Waals surface area contributed by atoms with Gasteiger partial charge < -0.3 is 14.2 Å². The van der Waals surface area contributed by atoms with Gasteiger partial charge >= 0.3 is 5.97 Å². The fourth-order valence-electron chi connectivity index (χ4n) is 2.57. The lowest BCUT2D eigenvalue weighted by Crippen LogP contribution is -2.13. The van der Waals surface area contributed by atoms with E-state index in [0.29, 0.717) is 29.3 Å². The number of benzene rings is 2. The highest BCUT2D eigenvalue weighted by Crippen LogP contribution is 2.27. The second kappa shape index (κ2) is 7.90. The molecule has 140 valence electrons. The maximum absolute atomic E-state index is 13.6. The van der Waals surface area contributed by atoms with Gasteiger partial charge in [-0.05, 0) is 36.8 Å². The van der Waals surface area contributed by atoms with E-state index in [4.69, 9.17) is 14.2 Å². The lowest BCUT2D eigenvalue weighted by atomic mass is 10.2. The van der Waals surface area contributed by atoms with Gasteiger partial charge in [0.05, 0.1) is 25.6 Å². The lowest BCUT2D eigenvalue weighted by molar-refractivity contribution is 0.0719. The van der Waals surface area contributed by atoms with E-state index in [1.54, 1.807) is 36.4 Å². The van der Waals surface area contributed by atoms with Crippen molar-refractivity contribution >= 4 is 5.97 Å². The van der Waals surface area contributed by atoms with Gasteiger partial charge in [0.25, 0.3) is 0 Å². The number of carbonyl (C=O) groups is 1. The summed E-state index contributed by atoms with van der Waals surface area (Å²) in [5.74, 6) is 0.0542. The van der Waals surface area contributed by atoms with Crippen LogP contribution in [0.3, 0.4) is 0 Å². The van der Waals surface area contributed by atoms with Crippen LogP contribution in [-0.4, -0.2) is 30.0 Å². The summed E-state index contributed by atoms with van der Waals surface area (Å²) < 4.78 is 30.9. The van der Waals surface area contributed by atoms with E-state index in [1.165, 1.54) is 31.0 Å². The lowest BCUT2D eigenvalue weighted by Gasteiger charge is -2.11.